The highest BCUT2D eigenvalue weighted by molar-refractivity contribution is 6.08. The lowest BCUT2D eigenvalue weighted by atomic mass is 10.1. The summed E-state index contributed by atoms with van der Waals surface area (Å²) in [5.74, 6) is 0. The van der Waals surface area contributed by atoms with Gasteiger partial charge in [-0.3, -0.25) is 0 Å². The van der Waals surface area contributed by atoms with Crippen molar-refractivity contribution in [3.63, 3.8) is 0 Å². The zero-order valence-electron chi connectivity index (χ0n) is 9.70. The van der Waals surface area contributed by atoms with Crippen molar-refractivity contribution in [2.75, 3.05) is 0 Å². The summed E-state index contributed by atoms with van der Waals surface area (Å²) in [4.78, 5) is 0. The van der Waals surface area contributed by atoms with Crippen molar-refractivity contribution >= 4 is 21.8 Å². The molecule has 0 spiro atoms. The highest BCUT2D eigenvalue weighted by Crippen LogP contribution is 2.28. The van der Waals surface area contributed by atoms with Crippen LogP contribution in [0.3, 0.4) is 0 Å². The van der Waals surface area contributed by atoms with E-state index in [1.54, 1.807) is 0 Å². The van der Waals surface area contributed by atoms with Gasteiger partial charge in [0.05, 0.1) is 0 Å². The predicted octanol–water partition coefficient (Wildman–Crippen LogP) is 3.89. The lowest BCUT2D eigenvalue weighted by Gasteiger charge is -1.99. The third-order valence-electron chi connectivity index (χ3n) is 3.39. The Balaban J connectivity index is 2.52. The van der Waals surface area contributed by atoms with E-state index in [4.69, 9.17) is 0 Å². The molecule has 0 fully saturated rings. The van der Waals surface area contributed by atoms with Crippen molar-refractivity contribution in [3.8, 4) is 0 Å². The first-order chi connectivity index (χ1) is 7.81. The Kier molecular flexibility index (Phi) is 2.00. The van der Waals surface area contributed by atoms with E-state index in [0.717, 1.165) is 6.42 Å². The van der Waals surface area contributed by atoms with Gasteiger partial charge < -0.3 is 4.57 Å². The fourth-order valence-corrected chi connectivity index (χ4v) is 2.43. The second-order valence-corrected chi connectivity index (χ2v) is 4.28. The molecule has 0 unspecified atom stereocenters. The summed E-state index contributed by atoms with van der Waals surface area (Å²) < 4.78 is 2.27. The highest BCUT2D eigenvalue weighted by Gasteiger charge is 2.06. The van der Waals surface area contributed by atoms with Gasteiger partial charge in [-0.1, -0.05) is 31.2 Å². The lowest BCUT2D eigenvalue weighted by Crippen LogP contribution is -1.86. The molecule has 2 aromatic carbocycles. The zero-order valence-corrected chi connectivity index (χ0v) is 9.70. The van der Waals surface area contributed by atoms with Gasteiger partial charge in [0, 0.05) is 28.9 Å². The number of aryl methyl sites for hydroxylation is 2. The standard InChI is InChI=1S/C15H15N/c1-3-11-8-9-15-13(10-11)12-6-4-5-7-14(12)16(15)2/h4-10H,3H2,1-2H3. The van der Waals surface area contributed by atoms with E-state index in [0.29, 0.717) is 0 Å². The van der Waals surface area contributed by atoms with Crippen LogP contribution in [-0.2, 0) is 13.5 Å². The van der Waals surface area contributed by atoms with Gasteiger partial charge in [0.25, 0.3) is 0 Å². The van der Waals surface area contributed by atoms with Gasteiger partial charge in [-0.25, -0.2) is 0 Å². The van der Waals surface area contributed by atoms with Gasteiger partial charge in [0.15, 0.2) is 0 Å². The van der Waals surface area contributed by atoms with Crippen molar-refractivity contribution in [2.45, 2.75) is 13.3 Å². The minimum absolute atomic E-state index is 1.10. The first-order valence-corrected chi connectivity index (χ1v) is 5.77. The predicted molar refractivity (Wildman–Crippen MR) is 69.8 cm³/mol. The number of para-hydroxylation sites is 1. The molecule has 0 aliphatic rings. The number of aromatic nitrogens is 1. The number of nitrogens with zero attached hydrogens (tertiary/aromatic N) is 1. The first kappa shape index (κ1) is 9.46. The average Bonchev–Trinajstić information content (AvgIpc) is 2.64. The van der Waals surface area contributed by atoms with Crippen molar-refractivity contribution in [1.82, 2.24) is 4.57 Å². The summed E-state index contributed by atoms with van der Waals surface area (Å²) in [5, 5.41) is 2.73. The van der Waals surface area contributed by atoms with Gasteiger partial charge in [0.1, 0.15) is 0 Å². The van der Waals surface area contributed by atoms with Gasteiger partial charge in [-0.15, -0.1) is 0 Å². The van der Waals surface area contributed by atoms with E-state index >= 15 is 0 Å². The molecule has 16 heavy (non-hydrogen) atoms. The molecule has 0 aliphatic heterocycles. The molecule has 0 saturated heterocycles. The Labute approximate surface area is 95.3 Å². The monoisotopic (exact) mass is 209 g/mol. The maximum absolute atomic E-state index is 2.32. The average molecular weight is 209 g/mol. The second kappa shape index (κ2) is 3.38. The largest absolute Gasteiger partial charge is 0.344 e. The Morgan fingerprint density at radius 2 is 1.69 bits per heavy atom. The summed E-state index contributed by atoms with van der Waals surface area (Å²) in [7, 11) is 2.14. The van der Waals surface area contributed by atoms with Crippen LogP contribution < -0.4 is 0 Å². The molecular formula is C15H15N. The van der Waals surface area contributed by atoms with Gasteiger partial charge in [0.2, 0.25) is 0 Å². The summed E-state index contributed by atoms with van der Waals surface area (Å²) in [6, 6.07) is 15.4. The molecule has 0 N–H and O–H groups in total. The van der Waals surface area contributed by atoms with Crippen LogP contribution in [0.5, 0.6) is 0 Å². The van der Waals surface area contributed by atoms with Gasteiger partial charge in [-0.2, -0.15) is 0 Å². The molecule has 1 aromatic heterocycles. The summed E-state index contributed by atoms with van der Waals surface area (Å²) >= 11 is 0. The Morgan fingerprint density at radius 3 is 2.50 bits per heavy atom. The smallest absolute Gasteiger partial charge is 0.0488 e. The minimum atomic E-state index is 1.10. The maximum Gasteiger partial charge on any atom is 0.0488 e. The Hall–Kier alpha value is -1.76. The number of fused-ring (bicyclic) bond motifs is 3. The summed E-state index contributed by atoms with van der Waals surface area (Å²) in [5.41, 5.74) is 4.04. The normalized spacial score (nSPS) is 11.4. The topological polar surface area (TPSA) is 4.93 Å². The van der Waals surface area contributed by atoms with Crippen LogP contribution in [0, 0.1) is 0 Å². The van der Waals surface area contributed by atoms with E-state index in [-0.39, 0.29) is 0 Å². The molecule has 1 heterocycles. The Morgan fingerprint density at radius 1 is 0.938 bits per heavy atom. The van der Waals surface area contributed by atoms with Crippen molar-refractivity contribution < 1.29 is 0 Å². The van der Waals surface area contributed by atoms with Crippen LogP contribution in [0.4, 0.5) is 0 Å². The SMILES string of the molecule is CCc1ccc2c(c1)c1ccccc1n2C. The third-order valence-corrected chi connectivity index (χ3v) is 3.39. The quantitative estimate of drug-likeness (QED) is 0.573. The van der Waals surface area contributed by atoms with Crippen molar-refractivity contribution in [2.24, 2.45) is 7.05 Å². The van der Waals surface area contributed by atoms with Crippen LogP contribution in [0.2, 0.25) is 0 Å². The molecule has 80 valence electrons. The molecular weight excluding hydrogens is 194 g/mol. The van der Waals surface area contributed by atoms with Crippen LogP contribution in [-0.4, -0.2) is 4.57 Å². The van der Waals surface area contributed by atoms with Gasteiger partial charge in [-0.05, 0) is 30.2 Å². The van der Waals surface area contributed by atoms with Crippen LogP contribution in [0.15, 0.2) is 42.5 Å². The summed E-state index contributed by atoms with van der Waals surface area (Å²) in [6.07, 6.45) is 1.10. The summed E-state index contributed by atoms with van der Waals surface area (Å²) in [6.45, 7) is 2.20. The molecule has 3 aromatic rings. The van der Waals surface area contributed by atoms with E-state index in [9.17, 15) is 0 Å². The maximum atomic E-state index is 2.32. The first-order valence-electron chi connectivity index (χ1n) is 5.77. The molecule has 1 heteroatoms. The fourth-order valence-electron chi connectivity index (χ4n) is 2.43. The Bertz CT molecular complexity index is 662. The molecule has 0 bridgehead atoms. The van der Waals surface area contributed by atoms with E-state index in [1.165, 1.54) is 27.4 Å². The van der Waals surface area contributed by atoms with E-state index < -0.39 is 0 Å². The number of hydrogen-bond acceptors (Lipinski definition) is 0. The van der Waals surface area contributed by atoms with E-state index in [1.807, 2.05) is 0 Å². The lowest BCUT2D eigenvalue weighted by molar-refractivity contribution is 1.01. The van der Waals surface area contributed by atoms with Crippen molar-refractivity contribution in [1.29, 1.82) is 0 Å². The number of benzene rings is 2. The molecule has 0 amide bonds. The molecule has 3 rings (SSSR count). The van der Waals surface area contributed by atoms with Crippen LogP contribution in [0.25, 0.3) is 21.8 Å². The van der Waals surface area contributed by atoms with E-state index in [2.05, 4.69) is 61.0 Å². The minimum Gasteiger partial charge on any atom is -0.344 e. The highest BCUT2D eigenvalue weighted by atomic mass is 14.9. The fraction of sp³-hybridized carbons (Fsp3) is 0.200. The van der Waals surface area contributed by atoms with Gasteiger partial charge >= 0.3 is 0 Å². The molecule has 0 saturated carbocycles. The van der Waals surface area contributed by atoms with Crippen molar-refractivity contribution in [3.05, 3.63) is 48.0 Å². The molecule has 0 aliphatic carbocycles. The van der Waals surface area contributed by atoms with Crippen LogP contribution >= 0.6 is 0 Å². The third kappa shape index (κ3) is 1.18. The molecule has 1 nitrogen and oxygen atoms in total. The van der Waals surface area contributed by atoms with Crippen LogP contribution in [0.1, 0.15) is 12.5 Å². The number of hydrogen-bond donors (Lipinski definition) is 0. The second-order valence-electron chi connectivity index (χ2n) is 4.28. The zero-order chi connectivity index (χ0) is 11.1. The molecule has 0 radical (unpaired) electrons. The number of rotatable bonds is 1. The molecule has 0 atom stereocenters.